The maximum atomic E-state index is 13.6. The van der Waals surface area contributed by atoms with Crippen LogP contribution in [0.4, 0.5) is 4.39 Å². The Labute approximate surface area is 177 Å². The summed E-state index contributed by atoms with van der Waals surface area (Å²) in [5.74, 6) is 0.304. The highest BCUT2D eigenvalue weighted by atomic mass is 79.9. The van der Waals surface area contributed by atoms with Crippen LogP contribution in [0, 0.1) is 5.82 Å². The van der Waals surface area contributed by atoms with Crippen molar-refractivity contribution in [1.82, 2.24) is 20.0 Å². The molecule has 1 aromatic carbocycles. The molecule has 0 aromatic heterocycles. The van der Waals surface area contributed by atoms with Gasteiger partial charge in [-0.3, -0.25) is 9.80 Å². The highest BCUT2D eigenvalue weighted by Crippen LogP contribution is 2.25. The van der Waals surface area contributed by atoms with Crippen molar-refractivity contribution in [3.8, 4) is 5.75 Å². The Morgan fingerprint density at radius 3 is 2.68 bits per heavy atom. The molecule has 0 saturated carbocycles. The van der Waals surface area contributed by atoms with E-state index < -0.39 is 0 Å². The molecular formula is C21H34BrFN4O. The Kier molecular flexibility index (Phi) is 7.73. The lowest BCUT2D eigenvalue weighted by atomic mass is 9.90. The second-order valence-electron chi connectivity index (χ2n) is 8.61. The molecule has 0 radical (unpaired) electrons. The third-order valence-corrected chi connectivity index (χ3v) is 6.78. The van der Waals surface area contributed by atoms with Crippen LogP contribution in [0.3, 0.4) is 0 Å². The van der Waals surface area contributed by atoms with E-state index >= 15 is 0 Å². The molecule has 2 aliphatic heterocycles. The summed E-state index contributed by atoms with van der Waals surface area (Å²) in [6.07, 6.45) is 1.17. The molecule has 28 heavy (non-hydrogen) atoms. The molecule has 0 bridgehead atoms. The minimum atomic E-state index is -0.285. The lowest BCUT2D eigenvalue weighted by Gasteiger charge is -2.47. The first-order valence-corrected chi connectivity index (χ1v) is 11.1. The standard InChI is InChI=1S/C21H34BrFN4O/c1-21(2,27-8-6-24-7-9-27)15-17-16-26(11-10-25(17)3)12-13-28-18-4-5-19(22)20(23)14-18/h4-5,14,17,24H,6-13,15-16H2,1-3H3. The van der Waals surface area contributed by atoms with Gasteiger partial charge in [0.2, 0.25) is 0 Å². The van der Waals surface area contributed by atoms with Crippen LogP contribution in [0.5, 0.6) is 5.75 Å². The number of hydrogen-bond acceptors (Lipinski definition) is 5. The largest absolute Gasteiger partial charge is 0.492 e. The zero-order valence-electron chi connectivity index (χ0n) is 17.4. The summed E-state index contributed by atoms with van der Waals surface area (Å²) in [5.41, 5.74) is 0.204. The molecule has 2 aliphatic rings. The van der Waals surface area contributed by atoms with Crippen LogP contribution in [-0.4, -0.2) is 92.3 Å². The van der Waals surface area contributed by atoms with Crippen LogP contribution in [0.15, 0.2) is 22.7 Å². The minimum Gasteiger partial charge on any atom is -0.492 e. The summed E-state index contributed by atoms with van der Waals surface area (Å²) < 4.78 is 19.9. The molecule has 1 N–H and O–H groups in total. The Morgan fingerprint density at radius 2 is 1.96 bits per heavy atom. The van der Waals surface area contributed by atoms with Gasteiger partial charge in [0, 0.05) is 70.0 Å². The Hall–Kier alpha value is -0.730. The molecule has 158 valence electrons. The summed E-state index contributed by atoms with van der Waals surface area (Å²) in [6.45, 7) is 13.9. The van der Waals surface area contributed by atoms with E-state index in [0.717, 1.165) is 52.4 Å². The van der Waals surface area contributed by atoms with Gasteiger partial charge in [-0.25, -0.2) is 4.39 Å². The van der Waals surface area contributed by atoms with E-state index in [1.165, 1.54) is 12.5 Å². The Balaban J connectivity index is 1.48. The average molecular weight is 457 g/mol. The first-order valence-electron chi connectivity index (χ1n) is 10.3. The monoisotopic (exact) mass is 456 g/mol. The van der Waals surface area contributed by atoms with Gasteiger partial charge in [-0.1, -0.05) is 0 Å². The third kappa shape index (κ3) is 5.89. The van der Waals surface area contributed by atoms with Crippen LogP contribution in [0.25, 0.3) is 0 Å². The molecular weight excluding hydrogens is 423 g/mol. The summed E-state index contributed by atoms with van der Waals surface area (Å²) in [4.78, 5) is 7.61. The van der Waals surface area contributed by atoms with Gasteiger partial charge in [-0.15, -0.1) is 0 Å². The molecule has 3 rings (SSSR count). The van der Waals surface area contributed by atoms with Gasteiger partial charge in [0.25, 0.3) is 0 Å². The number of nitrogens with one attached hydrogen (secondary N) is 1. The molecule has 0 amide bonds. The van der Waals surface area contributed by atoms with E-state index in [0.29, 0.717) is 22.9 Å². The minimum absolute atomic E-state index is 0.204. The molecule has 5 nitrogen and oxygen atoms in total. The normalized spacial score (nSPS) is 23.1. The van der Waals surface area contributed by atoms with Crippen LogP contribution in [0.1, 0.15) is 20.3 Å². The fourth-order valence-electron chi connectivity index (χ4n) is 4.27. The van der Waals surface area contributed by atoms with Crippen LogP contribution in [0.2, 0.25) is 0 Å². The zero-order chi connectivity index (χ0) is 20.1. The summed E-state index contributed by atoms with van der Waals surface area (Å²) in [7, 11) is 2.25. The van der Waals surface area contributed by atoms with Crippen molar-refractivity contribution in [1.29, 1.82) is 0 Å². The van der Waals surface area contributed by atoms with Gasteiger partial charge in [0.05, 0.1) is 4.47 Å². The van der Waals surface area contributed by atoms with Crippen LogP contribution in [-0.2, 0) is 0 Å². The second-order valence-corrected chi connectivity index (χ2v) is 9.47. The molecule has 2 heterocycles. The van der Waals surface area contributed by atoms with Crippen molar-refractivity contribution in [3.05, 3.63) is 28.5 Å². The van der Waals surface area contributed by atoms with Gasteiger partial charge >= 0.3 is 0 Å². The maximum Gasteiger partial charge on any atom is 0.141 e. The molecule has 1 unspecified atom stereocenters. The fourth-order valence-corrected chi connectivity index (χ4v) is 4.52. The molecule has 0 aliphatic carbocycles. The van der Waals surface area contributed by atoms with E-state index in [-0.39, 0.29) is 11.4 Å². The number of ether oxygens (including phenoxy) is 1. The lowest BCUT2D eigenvalue weighted by Crippen LogP contribution is -2.59. The smallest absolute Gasteiger partial charge is 0.141 e. The van der Waals surface area contributed by atoms with Gasteiger partial charge in [0.1, 0.15) is 18.2 Å². The van der Waals surface area contributed by atoms with Gasteiger partial charge in [0.15, 0.2) is 0 Å². The van der Waals surface area contributed by atoms with Gasteiger partial charge in [-0.2, -0.15) is 0 Å². The highest BCUT2D eigenvalue weighted by molar-refractivity contribution is 9.10. The van der Waals surface area contributed by atoms with E-state index in [4.69, 9.17) is 4.74 Å². The highest BCUT2D eigenvalue weighted by Gasteiger charge is 2.34. The molecule has 1 atom stereocenters. The van der Waals surface area contributed by atoms with E-state index in [9.17, 15) is 4.39 Å². The van der Waals surface area contributed by atoms with Crippen LogP contribution >= 0.6 is 15.9 Å². The van der Waals surface area contributed by atoms with Crippen molar-refractivity contribution in [2.75, 3.05) is 66.0 Å². The molecule has 7 heteroatoms. The number of halogens is 2. The average Bonchev–Trinajstić information content (AvgIpc) is 2.68. The van der Waals surface area contributed by atoms with E-state index in [2.05, 4.69) is 56.8 Å². The number of nitrogens with zero attached hydrogens (tertiary/aromatic N) is 3. The summed E-state index contributed by atoms with van der Waals surface area (Å²) in [5, 5.41) is 3.45. The first-order chi connectivity index (χ1) is 13.3. The number of likely N-dealkylation sites (N-methyl/N-ethyl adjacent to an activating group) is 1. The predicted octanol–water partition coefficient (Wildman–Crippen LogP) is 2.66. The third-order valence-electron chi connectivity index (χ3n) is 6.14. The van der Waals surface area contributed by atoms with Crippen molar-refractivity contribution in [3.63, 3.8) is 0 Å². The quantitative estimate of drug-likeness (QED) is 0.681. The number of rotatable bonds is 7. The van der Waals surface area contributed by atoms with Gasteiger partial charge in [-0.05, 0) is 55.4 Å². The Bertz CT molecular complexity index is 639. The molecule has 0 spiro atoms. The fraction of sp³-hybridized carbons (Fsp3) is 0.714. The second kappa shape index (κ2) is 9.85. The number of benzene rings is 1. The summed E-state index contributed by atoms with van der Waals surface area (Å²) >= 11 is 3.17. The van der Waals surface area contributed by atoms with Crippen molar-refractivity contribution >= 4 is 15.9 Å². The topological polar surface area (TPSA) is 31.0 Å². The van der Waals surface area contributed by atoms with Crippen molar-refractivity contribution in [2.24, 2.45) is 0 Å². The Morgan fingerprint density at radius 1 is 1.21 bits per heavy atom. The van der Waals surface area contributed by atoms with Gasteiger partial charge < -0.3 is 15.0 Å². The number of piperazine rings is 2. The summed E-state index contributed by atoms with van der Waals surface area (Å²) in [6, 6.07) is 5.47. The molecule has 2 fully saturated rings. The molecule has 1 aromatic rings. The predicted molar refractivity (Wildman–Crippen MR) is 116 cm³/mol. The van der Waals surface area contributed by atoms with Crippen LogP contribution < -0.4 is 10.1 Å². The number of hydrogen-bond donors (Lipinski definition) is 1. The molecule has 2 saturated heterocycles. The van der Waals surface area contributed by atoms with Crippen molar-refractivity contribution < 1.29 is 9.13 Å². The first kappa shape index (κ1) is 22.0. The zero-order valence-corrected chi connectivity index (χ0v) is 19.0. The lowest BCUT2D eigenvalue weighted by molar-refractivity contribution is 0.0276. The maximum absolute atomic E-state index is 13.6. The SMILES string of the molecule is CN1CCN(CCOc2ccc(Br)c(F)c2)CC1CC(C)(C)N1CCNCC1. The van der Waals surface area contributed by atoms with E-state index in [1.54, 1.807) is 12.1 Å². The van der Waals surface area contributed by atoms with Crippen molar-refractivity contribution in [2.45, 2.75) is 31.8 Å². The van der Waals surface area contributed by atoms with E-state index in [1.807, 2.05) is 0 Å².